The third-order valence-electron chi connectivity index (χ3n) is 12.7. The lowest BCUT2D eigenvalue weighted by Crippen LogP contribution is -2.58. The Labute approximate surface area is 205 Å². The fourth-order valence-corrected chi connectivity index (χ4v) is 10.4. The first-order valence-corrected chi connectivity index (χ1v) is 14.3. The van der Waals surface area contributed by atoms with E-state index in [0.29, 0.717) is 21.7 Å². The molecule has 0 aliphatic heterocycles. The Balaban J connectivity index is 1.47. The molecule has 0 bridgehead atoms. The molecule has 0 heterocycles. The highest BCUT2D eigenvalue weighted by Crippen LogP contribution is 2.74. The van der Waals surface area contributed by atoms with E-state index in [1.807, 2.05) is 12.6 Å². The lowest BCUT2D eigenvalue weighted by Gasteiger charge is -2.65. The van der Waals surface area contributed by atoms with Crippen LogP contribution in [-0.4, -0.2) is 12.8 Å². The van der Waals surface area contributed by atoms with Crippen LogP contribution in [0.1, 0.15) is 106 Å². The van der Waals surface area contributed by atoms with Gasteiger partial charge in [0.15, 0.2) is 0 Å². The van der Waals surface area contributed by atoms with Crippen molar-refractivity contribution in [2.24, 2.45) is 62.2 Å². The zero-order chi connectivity index (χ0) is 24.0. The van der Waals surface area contributed by atoms with Gasteiger partial charge in [0.05, 0.1) is 0 Å². The van der Waals surface area contributed by atoms with E-state index in [2.05, 4.69) is 66.1 Å². The van der Waals surface area contributed by atoms with Gasteiger partial charge in [-0.2, -0.15) is 0 Å². The maximum atomic E-state index is 4.63. The average molecular weight is 450 g/mol. The third-order valence-corrected chi connectivity index (χ3v) is 12.7. The van der Waals surface area contributed by atoms with Crippen molar-refractivity contribution in [1.82, 2.24) is 0 Å². The Morgan fingerprint density at radius 1 is 1.15 bits per heavy atom. The van der Waals surface area contributed by atoms with Crippen molar-refractivity contribution < 1.29 is 0 Å². The zero-order valence-corrected chi connectivity index (χ0v) is 23.1. The molecule has 0 aromatic rings. The van der Waals surface area contributed by atoms with Gasteiger partial charge in [-0.15, -0.1) is 0 Å². The van der Waals surface area contributed by atoms with E-state index in [9.17, 15) is 0 Å². The summed E-state index contributed by atoms with van der Waals surface area (Å²) in [5.41, 5.74) is 6.25. The Kier molecular flexibility index (Phi) is 5.48. The summed E-state index contributed by atoms with van der Waals surface area (Å²) in [5.74, 6) is 5.04. The van der Waals surface area contributed by atoms with E-state index in [0.717, 1.165) is 35.5 Å². The largest absolute Gasteiger partial charge is 0.293 e. The lowest BCUT2D eigenvalue weighted by atomic mass is 9.39. The van der Waals surface area contributed by atoms with Crippen molar-refractivity contribution in [2.75, 3.05) is 7.05 Å². The molecule has 0 amide bonds. The fourth-order valence-electron chi connectivity index (χ4n) is 10.4. The van der Waals surface area contributed by atoms with Gasteiger partial charge in [-0.1, -0.05) is 73.1 Å². The quantitative estimate of drug-likeness (QED) is 0.381. The molecule has 1 heteroatoms. The van der Waals surface area contributed by atoms with Crippen LogP contribution in [0.5, 0.6) is 0 Å². The van der Waals surface area contributed by atoms with Crippen LogP contribution in [0.15, 0.2) is 28.8 Å². The second-order valence-electron chi connectivity index (χ2n) is 14.7. The minimum absolute atomic E-state index is 0.385. The SMILES string of the molecule is C=C1CC2(C)C(CCC3(C)C4=CC5CC(CC(C)(C)CC)CC5C4(C)C(C)CC32)CC1=NC. The van der Waals surface area contributed by atoms with E-state index in [4.69, 9.17) is 0 Å². The van der Waals surface area contributed by atoms with Crippen LogP contribution in [-0.2, 0) is 0 Å². The molecular weight excluding hydrogens is 398 g/mol. The summed E-state index contributed by atoms with van der Waals surface area (Å²) in [5, 5.41) is 0. The summed E-state index contributed by atoms with van der Waals surface area (Å²) in [4.78, 5) is 4.63. The highest BCUT2D eigenvalue weighted by atomic mass is 14.7. The minimum atomic E-state index is 0.385. The van der Waals surface area contributed by atoms with E-state index in [-0.39, 0.29) is 0 Å². The van der Waals surface area contributed by atoms with Gasteiger partial charge in [0.1, 0.15) is 0 Å². The van der Waals surface area contributed by atoms with E-state index < -0.39 is 0 Å². The molecule has 9 unspecified atom stereocenters. The number of rotatable bonds is 3. The molecule has 0 saturated heterocycles. The second kappa shape index (κ2) is 7.57. The molecule has 0 spiro atoms. The smallest absolute Gasteiger partial charge is 0.0374 e. The van der Waals surface area contributed by atoms with E-state index in [1.54, 1.807) is 0 Å². The summed E-state index contributed by atoms with van der Waals surface area (Å²) >= 11 is 0. The van der Waals surface area contributed by atoms with Crippen LogP contribution in [0, 0.1) is 57.2 Å². The van der Waals surface area contributed by atoms with Gasteiger partial charge >= 0.3 is 0 Å². The molecule has 1 nitrogen and oxygen atoms in total. The fraction of sp³-hybridized carbons (Fsp3) is 0.844. The van der Waals surface area contributed by atoms with Crippen molar-refractivity contribution in [1.29, 1.82) is 0 Å². The van der Waals surface area contributed by atoms with Gasteiger partial charge in [0, 0.05) is 12.8 Å². The van der Waals surface area contributed by atoms with Crippen molar-refractivity contribution in [2.45, 2.75) is 106 Å². The number of hydrogen-bond acceptors (Lipinski definition) is 1. The topological polar surface area (TPSA) is 12.4 Å². The normalized spacial score (nSPS) is 50.5. The number of nitrogens with zero attached hydrogens (tertiary/aromatic N) is 1. The van der Waals surface area contributed by atoms with E-state index >= 15 is 0 Å². The van der Waals surface area contributed by atoms with Gasteiger partial charge < -0.3 is 0 Å². The number of allylic oxidation sites excluding steroid dienone is 3. The van der Waals surface area contributed by atoms with Crippen LogP contribution in [0.3, 0.4) is 0 Å². The van der Waals surface area contributed by atoms with Gasteiger partial charge in [-0.05, 0) is 114 Å². The zero-order valence-electron chi connectivity index (χ0n) is 23.1. The summed E-state index contributed by atoms with van der Waals surface area (Å²) < 4.78 is 0. The van der Waals surface area contributed by atoms with Crippen LogP contribution < -0.4 is 0 Å². The highest BCUT2D eigenvalue weighted by molar-refractivity contribution is 6.00. The molecule has 5 aliphatic rings. The van der Waals surface area contributed by atoms with Gasteiger partial charge in [0.2, 0.25) is 0 Å². The highest BCUT2D eigenvalue weighted by Gasteiger charge is 2.66. The molecule has 4 saturated carbocycles. The van der Waals surface area contributed by atoms with Crippen molar-refractivity contribution >= 4 is 5.71 Å². The molecule has 0 aromatic carbocycles. The summed E-state index contributed by atoms with van der Waals surface area (Å²) in [6.07, 6.45) is 15.1. The average Bonchev–Trinajstić information content (AvgIpc) is 3.27. The van der Waals surface area contributed by atoms with Crippen LogP contribution >= 0.6 is 0 Å². The maximum absolute atomic E-state index is 4.63. The predicted molar refractivity (Wildman–Crippen MR) is 143 cm³/mol. The Bertz CT molecular complexity index is 890. The first-order chi connectivity index (χ1) is 15.4. The first kappa shape index (κ1) is 23.9. The number of hydrogen-bond donors (Lipinski definition) is 0. The molecule has 5 rings (SSSR count). The Hall–Kier alpha value is -0.850. The molecule has 184 valence electrons. The van der Waals surface area contributed by atoms with E-state index in [1.165, 1.54) is 69.1 Å². The molecule has 9 atom stereocenters. The van der Waals surface area contributed by atoms with Gasteiger partial charge in [-0.25, -0.2) is 0 Å². The van der Waals surface area contributed by atoms with Crippen molar-refractivity contribution in [3.63, 3.8) is 0 Å². The van der Waals surface area contributed by atoms with Crippen molar-refractivity contribution in [3.8, 4) is 0 Å². The number of aliphatic imine (C=N–C) groups is 1. The summed E-state index contributed by atoms with van der Waals surface area (Å²) in [7, 11) is 1.97. The minimum Gasteiger partial charge on any atom is -0.293 e. The molecule has 5 aliphatic carbocycles. The molecular formula is C32H51N. The molecule has 0 aromatic heterocycles. The second-order valence-corrected chi connectivity index (χ2v) is 14.7. The Morgan fingerprint density at radius 2 is 1.88 bits per heavy atom. The number of fused-ring (bicyclic) bond motifs is 7. The maximum Gasteiger partial charge on any atom is 0.0374 e. The van der Waals surface area contributed by atoms with Gasteiger partial charge in [0.25, 0.3) is 0 Å². The molecule has 33 heavy (non-hydrogen) atoms. The first-order valence-electron chi connectivity index (χ1n) is 14.3. The molecule has 4 fully saturated rings. The third kappa shape index (κ3) is 3.26. The summed E-state index contributed by atoms with van der Waals surface area (Å²) in [6.45, 7) is 22.5. The van der Waals surface area contributed by atoms with Crippen LogP contribution in [0.2, 0.25) is 0 Å². The van der Waals surface area contributed by atoms with Crippen LogP contribution in [0.4, 0.5) is 0 Å². The van der Waals surface area contributed by atoms with Crippen LogP contribution in [0.25, 0.3) is 0 Å². The van der Waals surface area contributed by atoms with Gasteiger partial charge in [-0.3, -0.25) is 4.99 Å². The molecule has 0 N–H and O–H groups in total. The monoisotopic (exact) mass is 449 g/mol. The van der Waals surface area contributed by atoms with Crippen molar-refractivity contribution in [3.05, 3.63) is 23.8 Å². The molecule has 0 radical (unpaired) electrons. The predicted octanol–water partition coefficient (Wildman–Crippen LogP) is 8.90. The standard InChI is InChI=1S/C32H51N/c1-10-29(4,5)19-22-14-23-16-28-30(6)12-11-24-17-26(33-9)20(2)18-31(24,7)27(30)13-21(3)32(28,8)25(23)15-22/h16,21-25,27H,2,10-15,17-19H2,1,3-9H3. The summed E-state index contributed by atoms with van der Waals surface area (Å²) in [6, 6.07) is 0. The Morgan fingerprint density at radius 3 is 2.55 bits per heavy atom. The lowest BCUT2D eigenvalue weighted by molar-refractivity contribution is -0.0998.